The molecule has 10 heteroatoms. The van der Waals surface area contributed by atoms with Gasteiger partial charge < -0.3 is 10.1 Å². The van der Waals surface area contributed by atoms with Crippen molar-refractivity contribution in [1.82, 2.24) is 14.6 Å². The van der Waals surface area contributed by atoms with Crippen LogP contribution in [-0.2, 0) is 17.8 Å². The number of carbonyl (C=O) groups is 2. The molecule has 0 spiro atoms. The van der Waals surface area contributed by atoms with Crippen LogP contribution in [0.3, 0.4) is 0 Å². The Hall–Kier alpha value is -3.92. The smallest absolute Gasteiger partial charge is 0.338 e. The van der Waals surface area contributed by atoms with Crippen LogP contribution in [0.5, 0.6) is 0 Å². The lowest BCUT2D eigenvalue weighted by molar-refractivity contribution is 0.0467. The van der Waals surface area contributed by atoms with Gasteiger partial charge >= 0.3 is 5.97 Å². The Bertz CT molecular complexity index is 1380. The van der Waals surface area contributed by atoms with Crippen LogP contribution in [0.2, 0.25) is 0 Å². The fraction of sp³-hybridized carbons (Fsp3) is 0.174. The number of benzene rings is 2. The molecule has 4 rings (SSSR count). The number of nitrogens with one attached hydrogen (secondary N) is 1. The molecule has 0 saturated carbocycles. The summed E-state index contributed by atoms with van der Waals surface area (Å²) in [6.45, 7) is 1.84. The second-order valence-electron chi connectivity index (χ2n) is 7.14. The molecule has 0 radical (unpaired) electrons. The Balaban J connectivity index is 1.43. The first-order chi connectivity index (χ1) is 15.9. The number of esters is 1. The third-order valence-electron chi connectivity index (χ3n) is 4.62. The van der Waals surface area contributed by atoms with Gasteiger partial charge in [-0.15, -0.1) is 0 Å². The summed E-state index contributed by atoms with van der Waals surface area (Å²) in [5, 5.41) is 7.72. The number of halogens is 1. The zero-order valence-electron chi connectivity index (χ0n) is 17.6. The summed E-state index contributed by atoms with van der Waals surface area (Å²) in [5.74, 6) is -1.51. The van der Waals surface area contributed by atoms with E-state index in [0.717, 1.165) is 17.8 Å². The van der Waals surface area contributed by atoms with Crippen molar-refractivity contribution in [2.45, 2.75) is 26.4 Å². The second-order valence-corrected chi connectivity index (χ2v) is 8.18. The number of aryl methyl sites for hydroxylation is 1. The number of amides is 1. The molecule has 8 nitrogen and oxygen atoms in total. The van der Waals surface area contributed by atoms with Crippen molar-refractivity contribution in [2.24, 2.45) is 0 Å². The highest BCUT2D eigenvalue weighted by atomic mass is 32.1. The molecule has 0 unspecified atom stereocenters. The molecule has 0 saturated heterocycles. The van der Waals surface area contributed by atoms with Gasteiger partial charge in [-0.1, -0.05) is 24.3 Å². The van der Waals surface area contributed by atoms with Gasteiger partial charge in [-0.3, -0.25) is 9.59 Å². The van der Waals surface area contributed by atoms with E-state index in [1.165, 1.54) is 52.3 Å². The van der Waals surface area contributed by atoms with Crippen LogP contribution in [0.1, 0.15) is 44.8 Å². The van der Waals surface area contributed by atoms with Gasteiger partial charge in [0.25, 0.3) is 11.5 Å². The summed E-state index contributed by atoms with van der Waals surface area (Å²) in [6, 6.07) is 12.6. The third-order valence-corrected chi connectivity index (χ3v) is 5.59. The first-order valence-corrected chi connectivity index (χ1v) is 11.0. The highest BCUT2D eigenvalue weighted by molar-refractivity contribution is 7.16. The van der Waals surface area contributed by atoms with Crippen LogP contribution in [0.15, 0.2) is 59.4 Å². The quantitative estimate of drug-likeness (QED) is 0.415. The fourth-order valence-electron chi connectivity index (χ4n) is 3.04. The zero-order valence-corrected chi connectivity index (χ0v) is 18.4. The third kappa shape index (κ3) is 5.29. The molecule has 2 heterocycles. The highest BCUT2D eigenvalue weighted by Gasteiger charge is 2.13. The van der Waals surface area contributed by atoms with Crippen LogP contribution >= 0.6 is 11.3 Å². The normalized spacial score (nSPS) is 10.8. The molecule has 2 aromatic carbocycles. The molecule has 168 valence electrons. The fourth-order valence-corrected chi connectivity index (χ4v) is 4.06. The highest BCUT2D eigenvalue weighted by Crippen LogP contribution is 2.16. The topological polar surface area (TPSA) is 103 Å². The average molecular weight is 466 g/mol. The molecule has 0 fully saturated rings. The average Bonchev–Trinajstić information content (AvgIpc) is 3.21. The van der Waals surface area contributed by atoms with E-state index in [0.29, 0.717) is 16.3 Å². The number of fused-ring (bicyclic) bond motifs is 1. The molecule has 2 aromatic heterocycles. The van der Waals surface area contributed by atoms with Gasteiger partial charge in [-0.05, 0) is 48.9 Å². The van der Waals surface area contributed by atoms with Crippen LogP contribution in [0.4, 0.5) is 10.1 Å². The molecule has 4 aromatic rings. The molecular weight excluding hydrogens is 447 g/mol. The number of hydrogen-bond acceptors (Lipinski definition) is 7. The van der Waals surface area contributed by atoms with Crippen molar-refractivity contribution in [3.8, 4) is 0 Å². The minimum Gasteiger partial charge on any atom is -0.456 e. The Morgan fingerprint density at radius 1 is 1.12 bits per heavy atom. The van der Waals surface area contributed by atoms with E-state index < -0.39 is 17.7 Å². The predicted octanol–water partition coefficient (Wildman–Crippen LogP) is 3.85. The van der Waals surface area contributed by atoms with Crippen molar-refractivity contribution in [3.63, 3.8) is 0 Å². The van der Waals surface area contributed by atoms with E-state index in [2.05, 4.69) is 15.4 Å². The van der Waals surface area contributed by atoms with E-state index >= 15 is 0 Å². The molecule has 0 bridgehead atoms. The van der Waals surface area contributed by atoms with Crippen molar-refractivity contribution in [1.29, 1.82) is 0 Å². The second kappa shape index (κ2) is 9.70. The maximum atomic E-state index is 13.0. The minimum absolute atomic E-state index is 0.183. The number of anilines is 1. The predicted molar refractivity (Wildman–Crippen MR) is 121 cm³/mol. The van der Waals surface area contributed by atoms with Crippen molar-refractivity contribution < 1.29 is 18.7 Å². The van der Waals surface area contributed by atoms with Gasteiger partial charge in [-0.2, -0.15) is 9.61 Å². The summed E-state index contributed by atoms with van der Waals surface area (Å²) in [4.78, 5) is 41.9. The van der Waals surface area contributed by atoms with Crippen molar-refractivity contribution >= 4 is 33.9 Å². The number of ether oxygens (including phenoxy) is 1. The lowest BCUT2D eigenvalue weighted by Gasteiger charge is -2.08. The van der Waals surface area contributed by atoms with Crippen LogP contribution in [-0.4, -0.2) is 26.5 Å². The van der Waals surface area contributed by atoms with Crippen LogP contribution < -0.4 is 10.9 Å². The lowest BCUT2D eigenvalue weighted by Crippen LogP contribution is -2.17. The molecule has 33 heavy (non-hydrogen) atoms. The Labute approximate surface area is 191 Å². The SMILES string of the molecule is CCCc1nn2c(=O)cc(COC(=O)c3cccc(NC(=O)c4ccc(F)cc4)c3)nc2s1. The van der Waals surface area contributed by atoms with E-state index in [4.69, 9.17) is 4.74 Å². The Morgan fingerprint density at radius 3 is 2.67 bits per heavy atom. The first kappa shape index (κ1) is 22.3. The van der Waals surface area contributed by atoms with Gasteiger partial charge in [0.15, 0.2) is 0 Å². The number of carbonyl (C=O) groups excluding carboxylic acids is 2. The number of aromatic nitrogens is 3. The van der Waals surface area contributed by atoms with Crippen molar-refractivity contribution in [3.05, 3.63) is 92.6 Å². The maximum Gasteiger partial charge on any atom is 0.338 e. The standard InChI is InChI=1S/C23H19FN4O4S/c1-2-4-19-27-28-20(29)12-18(26-23(28)33-19)13-32-22(31)15-5-3-6-17(11-15)25-21(30)14-7-9-16(24)10-8-14/h3,5-12H,2,4,13H2,1H3,(H,25,30). The molecule has 0 aliphatic rings. The molecule has 0 aliphatic carbocycles. The zero-order chi connectivity index (χ0) is 23.4. The maximum absolute atomic E-state index is 13.0. The molecule has 1 amide bonds. The summed E-state index contributed by atoms with van der Waals surface area (Å²) >= 11 is 1.33. The number of rotatable bonds is 7. The van der Waals surface area contributed by atoms with Gasteiger partial charge in [0.2, 0.25) is 4.96 Å². The monoisotopic (exact) mass is 466 g/mol. The van der Waals surface area contributed by atoms with Gasteiger partial charge in [0.05, 0.1) is 11.3 Å². The lowest BCUT2D eigenvalue weighted by atomic mass is 10.1. The largest absolute Gasteiger partial charge is 0.456 e. The van der Waals surface area contributed by atoms with Crippen LogP contribution in [0.25, 0.3) is 4.96 Å². The summed E-state index contributed by atoms with van der Waals surface area (Å²) in [5.41, 5.74) is 0.857. The minimum atomic E-state index is -0.633. The molecule has 1 N–H and O–H groups in total. The van der Waals surface area contributed by atoms with Crippen LogP contribution in [0, 0.1) is 5.82 Å². The van der Waals surface area contributed by atoms with E-state index in [9.17, 15) is 18.8 Å². The molecule has 0 aliphatic heterocycles. The molecule has 0 atom stereocenters. The molecular formula is C23H19FN4O4S. The van der Waals surface area contributed by atoms with Gasteiger partial charge in [-0.25, -0.2) is 14.2 Å². The van der Waals surface area contributed by atoms with E-state index in [-0.39, 0.29) is 23.3 Å². The summed E-state index contributed by atoms with van der Waals surface area (Å²) in [7, 11) is 0. The number of nitrogens with zero attached hydrogens (tertiary/aromatic N) is 3. The first-order valence-electron chi connectivity index (χ1n) is 10.2. The Morgan fingerprint density at radius 2 is 1.91 bits per heavy atom. The van der Waals surface area contributed by atoms with Gasteiger partial charge in [0.1, 0.15) is 17.4 Å². The van der Waals surface area contributed by atoms with Crippen molar-refractivity contribution in [2.75, 3.05) is 5.32 Å². The Kier molecular flexibility index (Phi) is 6.55. The summed E-state index contributed by atoms with van der Waals surface area (Å²) < 4.78 is 19.6. The van der Waals surface area contributed by atoms with Gasteiger partial charge in [0, 0.05) is 23.7 Å². The van der Waals surface area contributed by atoms with E-state index in [1.54, 1.807) is 18.2 Å². The van der Waals surface area contributed by atoms with E-state index in [1.807, 2.05) is 6.92 Å². The number of hydrogen-bond donors (Lipinski definition) is 1. The summed E-state index contributed by atoms with van der Waals surface area (Å²) in [6.07, 6.45) is 1.66.